The van der Waals surface area contributed by atoms with Crippen LogP contribution in [-0.4, -0.2) is 35.1 Å². The number of hydrogen-bond acceptors (Lipinski definition) is 2. The number of likely N-dealkylation sites (tertiary alicyclic amines) is 1. The second-order valence-corrected chi connectivity index (χ2v) is 5.43. The van der Waals surface area contributed by atoms with E-state index < -0.39 is 11.4 Å². The Morgan fingerprint density at radius 1 is 1.45 bits per heavy atom. The molecule has 0 radical (unpaired) electrons. The molecule has 1 aliphatic heterocycles. The number of benzene rings is 1. The van der Waals surface area contributed by atoms with Crippen LogP contribution in [0.2, 0.25) is 0 Å². The molecule has 1 aromatic carbocycles. The van der Waals surface area contributed by atoms with E-state index in [9.17, 15) is 14.0 Å². The third kappa shape index (κ3) is 2.74. The molecule has 5 nitrogen and oxygen atoms in total. The molecule has 0 aromatic heterocycles. The molecule has 0 saturated carbocycles. The summed E-state index contributed by atoms with van der Waals surface area (Å²) >= 11 is 0. The number of carbonyl (C=O) groups is 2. The molecule has 1 aromatic rings. The van der Waals surface area contributed by atoms with Crippen LogP contribution in [0.5, 0.6) is 0 Å². The van der Waals surface area contributed by atoms with Crippen molar-refractivity contribution in [3.8, 4) is 0 Å². The van der Waals surface area contributed by atoms with Crippen molar-refractivity contribution in [3.05, 3.63) is 29.6 Å². The van der Waals surface area contributed by atoms with Gasteiger partial charge in [-0.25, -0.2) is 9.18 Å². The van der Waals surface area contributed by atoms with Crippen molar-refractivity contribution in [1.29, 1.82) is 0 Å². The highest BCUT2D eigenvalue weighted by Crippen LogP contribution is 2.30. The van der Waals surface area contributed by atoms with Gasteiger partial charge in [0.05, 0.1) is 5.41 Å². The number of amides is 2. The lowest BCUT2D eigenvalue weighted by molar-refractivity contribution is -0.146. The number of aliphatic carboxylic acids is 1. The van der Waals surface area contributed by atoms with Gasteiger partial charge in [-0.3, -0.25) is 4.79 Å². The Morgan fingerprint density at radius 3 is 2.70 bits per heavy atom. The van der Waals surface area contributed by atoms with Crippen molar-refractivity contribution in [3.63, 3.8) is 0 Å². The third-order valence-corrected chi connectivity index (χ3v) is 3.71. The van der Waals surface area contributed by atoms with E-state index in [0.29, 0.717) is 24.2 Å². The molecule has 6 heteroatoms. The number of carboxylic acid groups (broad SMARTS) is 1. The number of carboxylic acids is 1. The fraction of sp³-hybridized carbons (Fsp3) is 0.429. The maximum absolute atomic E-state index is 13.0. The SMILES string of the molecule is Cc1cc(F)ccc1NC(=O)N1CCC(C)(C(=O)O)C1. The molecule has 0 aliphatic carbocycles. The van der Waals surface area contributed by atoms with Crippen LogP contribution >= 0.6 is 0 Å². The molecule has 0 bridgehead atoms. The minimum absolute atomic E-state index is 0.175. The topological polar surface area (TPSA) is 69.6 Å². The summed E-state index contributed by atoms with van der Waals surface area (Å²) in [6.07, 6.45) is 0.429. The van der Waals surface area contributed by atoms with E-state index in [1.54, 1.807) is 13.8 Å². The first-order valence-corrected chi connectivity index (χ1v) is 6.37. The van der Waals surface area contributed by atoms with Crippen LogP contribution in [0.25, 0.3) is 0 Å². The van der Waals surface area contributed by atoms with E-state index in [4.69, 9.17) is 5.11 Å². The first kappa shape index (κ1) is 14.3. The van der Waals surface area contributed by atoms with Gasteiger partial charge in [-0.05, 0) is 44.0 Å². The lowest BCUT2D eigenvalue weighted by Crippen LogP contribution is -2.37. The average Bonchev–Trinajstić information content (AvgIpc) is 2.77. The predicted octanol–water partition coefficient (Wildman–Crippen LogP) is 2.46. The summed E-state index contributed by atoms with van der Waals surface area (Å²) in [4.78, 5) is 24.7. The Balaban J connectivity index is 2.05. The second-order valence-electron chi connectivity index (χ2n) is 5.43. The molecule has 20 heavy (non-hydrogen) atoms. The predicted molar refractivity (Wildman–Crippen MR) is 72.1 cm³/mol. The van der Waals surface area contributed by atoms with Gasteiger partial charge in [0.15, 0.2) is 0 Å². The van der Waals surface area contributed by atoms with Crippen LogP contribution in [0.15, 0.2) is 18.2 Å². The van der Waals surface area contributed by atoms with Crippen molar-refractivity contribution in [1.82, 2.24) is 4.90 Å². The second kappa shape index (κ2) is 5.11. The molecule has 0 spiro atoms. The monoisotopic (exact) mass is 280 g/mol. The molecule has 1 saturated heterocycles. The van der Waals surface area contributed by atoms with E-state index in [1.807, 2.05) is 0 Å². The van der Waals surface area contributed by atoms with Crippen molar-refractivity contribution in [2.24, 2.45) is 5.41 Å². The van der Waals surface area contributed by atoms with Crippen molar-refractivity contribution >= 4 is 17.7 Å². The van der Waals surface area contributed by atoms with Crippen molar-refractivity contribution in [2.45, 2.75) is 20.3 Å². The van der Waals surface area contributed by atoms with Gasteiger partial charge in [-0.1, -0.05) is 0 Å². The minimum Gasteiger partial charge on any atom is -0.481 e. The van der Waals surface area contributed by atoms with Gasteiger partial charge >= 0.3 is 12.0 Å². The zero-order valence-corrected chi connectivity index (χ0v) is 11.4. The fourth-order valence-corrected chi connectivity index (χ4v) is 2.27. The molecule has 1 aliphatic rings. The van der Waals surface area contributed by atoms with Gasteiger partial charge in [0, 0.05) is 18.8 Å². The Labute approximate surface area is 116 Å². The van der Waals surface area contributed by atoms with E-state index >= 15 is 0 Å². The van der Waals surface area contributed by atoms with Crippen LogP contribution < -0.4 is 5.32 Å². The van der Waals surface area contributed by atoms with Crippen molar-refractivity contribution in [2.75, 3.05) is 18.4 Å². The Bertz CT molecular complexity index is 561. The van der Waals surface area contributed by atoms with E-state index in [2.05, 4.69) is 5.32 Å². The maximum Gasteiger partial charge on any atom is 0.321 e. The highest BCUT2D eigenvalue weighted by Gasteiger charge is 2.42. The molecule has 1 atom stereocenters. The summed E-state index contributed by atoms with van der Waals surface area (Å²) in [5, 5.41) is 11.8. The first-order valence-electron chi connectivity index (χ1n) is 6.37. The minimum atomic E-state index is -0.897. The number of rotatable bonds is 2. The largest absolute Gasteiger partial charge is 0.481 e. The average molecular weight is 280 g/mol. The number of nitrogens with zero attached hydrogens (tertiary/aromatic N) is 1. The molecule has 1 fully saturated rings. The normalized spacial score (nSPS) is 21.9. The zero-order valence-electron chi connectivity index (χ0n) is 11.4. The molecule has 1 heterocycles. The highest BCUT2D eigenvalue weighted by atomic mass is 19.1. The van der Waals surface area contributed by atoms with Gasteiger partial charge in [0.2, 0.25) is 0 Å². The van der Waals surface area contributed by atoms with Crippen LogP contribution in [0, 0.1) is 18.2 Å². The third-order valence-electron chi connectivity index (χ3n) is 3.71. The summed E-state index contributed by atoms with van der Waals surface area (Å²) in [6.45, 7) is 3.90. The van der Waals surface area contributed by atoms with Crippen LogP contribution in [0.3, 0.4) is 0 Å². The molecule has 2 rings (SSSR count). The van der Waals surface area contributed by atoms with Gasteiger partial charge < -0.3 is 15.3 Å². The number of urea groups is 1. The molecule has 108 valence electrons. The summed E-state index contributed by atoms with van der Waals surface area (Å²) in [6, 6.07) is 3.74. The number of hydrogen-bond donors (Lipinski definition) is 2. The Kier molecular flexibility index (Phi) is 3.65. The van der Waals surface area contributed by atoms with E-state index in [-0.39, 0.29) is 18.4 Å². The molecule has 1 unspecified atom stereocenters. The number of carbonyl (C=O) groups excluding carboxylic acids is 1. The molecule has 2 N–H and O–H groups in total. The molecule has 2 amide bonds. The molecular formula is C14H17FN2O3. The lowest BCUT2D eigenvalue weighted by atomic mass is 9.90. The van der Waals surface area contributed by atoms with Gasteiger partial charge in [-0.2, -0.15) is 0 Å². The number of halogens is 1. The van der Waals surface area contributed by atoms with Crippen molar-refractivity contribution < 1.29 is 19.1 Å². The molecular weight excluding hydrogens is 263 g/mol. The van der Waals surface area contributed by atoms with Gasteiger partial charge in [0.1, 0.15) is 5.82 Å². The van der Waals surface area contributed by atoms with Crippen LogP contribution in [0.1, 0.15) is 18.9 Å². The standard InChI is InChI=1S/C14H17FN2O3/c1-9-7-10(15)3-4-11(9)16-13(20)17-6-5-14(2,8-17)12(18)19/h3-4,7H,5-6,8H2,1-2H3,(H,16,20)(H,18,19). The summed E-state index contributed by atoms with van der Waals surface area (Å²) in [5.41, 5.74) is 0.258. The lowest BCUT2D eigenvalue weighted by Gasteiger charge is -2.21. The van der Waals surface area contributed by atoms with E-state index in [1.165, 1.54) is 23.1 Å². The number of nitrogens with one attached hydrogen (secondary N) is 1. The highest BCUT2D eigenvalue weighted by molar-refractivity contribution is 5.91. The summed E-state index contributed by atoms with van der Waals surface area (Å²) in [7, 11) is 0. The summed E-state index contributed by atoms with van der Waals surface area (Å²) < 4.78 is 13.0. The zero-order chi connectivity index (χ0) is 14.9. The number of anilines is 1. The van der Waals surface area contributed by atoms with Gasteiger partial charge in [-0.15, -0.1) is 0 Å². The fourth-order valence-electron chi connectivity index (χ4n) is 2.27. The smallest absolute Gasteiger partial charge is 0.321 e. The quantitative estimate of drug-likeness (QED) is 0.874. The summed E-state index contributed by atoms with van der Waals surface area (Å²) in [5.74, 6) is -1.26. The Hall–Kier alpha value is -2.11. The maximum atomic E-state index is 13.0. The first-order chi connectivity index (χ1) is 9.32. The Morgan fingerprint density at radius 2 is 2.15 bits per heavy atom. The van der Waals surface area contributed by atoms with Gasteiger partial charge in [0.25, 0.3) is 0 Å². The number of aryl methyl sites for hydroxylation is 1. The van der Waals surface area contributed by atoms with E-state index in [0.717, 1.165) is 0 Å². The van der Waals surface area contributed by atoms with Crippen LogP contribution in [-0.2, 0) is 4.79 Å². The van der Waals surface area contributed by atoms with Crippen LogP contribution in [0.4, 0.5) is 14.9 Å².